The van der Waals surface area contributed by atoms with Gasteiger partial charge in [-0.05, 0) is 0 Å². The first-order valence-corrected chi connectivity index (χ1v) is 5.58. The molecule has 1 aliphatic heterocycles. The number of hydrogen-bond acceptors (Lipinski definition) is 3. The normalized spacial score (nSPS) is 22.6. The first-order valence-electron chi connectivity index (χ1n) is 5.58. The standard InChI is InChI=1S/C13H14N3O/c1-15-12-14-8-5-9-16(12)10-13(15,17)11-6-3-2-4-7-11/h2-9,17H,10H2,1H3/q+1. The van der Waals surface area contributed by atoms with Gasteiger partial charge in [-0.3, -0.25) is 0 Å². The van der Waals surface area contributed by atoms with Crippen molar-refractivity contribution in [2.45, 2.75) is 12.3 Å². The minimum atomic E-state index is -1.01. The molecule has 86 valence electrons. The molecule has 0 saturated heterocycles. The molecule has 0 spiro atoms. The number of nitrogens with zero attached hydrogens (tertiary/aromatic N) is 3. The van der Waals surface area contributed by atoms with Crippen LogP contribution in [0.5, 0.6) is 0 Å². The van der Waals surface area contributed by atoms with Gasteiger partial charge in [-0.2, -0.15) is 0 Å². The van der Waals surface area contributed by atoms with Crippen molar-refractivity contribution in [3.05, 3.63) is 54.4 Å². The molecular weight excluding hydrogens is 214 g/mol. The first-order chi connectivity index (χ1) is 8.22. The third-order valence-corrected chi connectivity index (χ3v) is 3.28. The number of anilines is 1. The maximum absolute atomic E-state index is 10.8. The summed E-state index contributed by atoms with van der Waals surface area (Å²) in [6.07, 6.45) is 3.67. The average molecular weight is 228 g/mol. The maximum Gasteiger partial charge on any atom is 0.396 e. The fourth-order valence-corrected chi connectivity index (χ4v) is 2.29. The Bertz CT molecular complexity index is 543. The van der Waals surface area contributed by atoms with Crippen LogP contribution in [0.4, 0.5) is 5.95 Å². The summed E-state index contributed by atoms with van der Waals surface area (Å²) in [5.41, 5.74) is -0.129. The van der Waals surface area contributed by atoms with E-state index in [1.54, 1.807) is 6.20 Å². The zero-order valence-corrected chi connectivity index (χ0v) is 9.61. The van der Waals surface area contributed by atoms with Crippen LogP contribution in [0.25, 0.3) is 0 Å². The quantitative estimate of drug-likeness (QED) is 0.729. The largest absolute Gasteiger partial charge is 0.396 e. The van der Waals surface area contributed by atoms with Crippen LogP contribution in [-0.4, -0.2) is 17.1 Å². The molecule has 1 N–H and O–H groups in total. The topological polar surface area (TPSA) is 40.2 Å². The highest BCUT2D eigenvalue weighted by atomic mass is 16.3. The van der Waals surface area contributed by atoms with Crippen molar-refractivity contribution in [3.8, 4) is 0 Å². The Kier molecular flexibility index (Phi) is 2.12. The number of rotatable bonds is 1. The average Bonchev–Trinajstić information content (AvgIpc) is 2.65. The van der Waals surface area contributed by atoms with Crippen LogP contribution in [0.15, 0.2) is 48.8 Å². The predicted molar refractivity (Wildman–Crippen MR) is 63.2 cm³/mol. The molecular formula is C13H14N3O+. The van der Waals surface area contributed by atoms with Gasteiger partial charge < -0.3 is 5.11 Å². The number of aromatic nitrogens is 2. The van der Waals surface area contributed by atoms with E-state index in [0.717, 1.165) is 11.5 Å². The van der Waals surface area contributed by atoms with E-state index in [2.05, 4.69) is 4.98 Å². The lowest BCUT2D eigenvalue weighted by Crippen LogP contribution is -2.43. The minimum Gasteiger partial charge on any atom is -0.353 e. The summed E-state index contributed by atoms with van der Waals surface area (Å²) in [5.74, 6) is 0.777. The third-order valence-electron chi connectivity index (χ3n) is 3.28. The molecule has 0 saturated carbocycles. The zero-order valence-electron chi connectivity index (χ0n) is 9.61. The van der Waals surface area contributed by atoms with Crippen LogP contribution in [-0.2, 0) is 12.3 Å². The Morgan fingerprint density at radius 3 is 2.76 bits per heavy atom. The van der Waals surface area contributed by atoms with Gasteiger partial charge in [-0.1, -0.05) is 35.3 Å². The van der Waals surface area contributed by atoms with Gasteiger partial charge in [0.05, 0.1) is 13.2 Å². The second-order valence-electron chi connectivity index (χ2n) is 4.29. The fraction of sp³-hybridized carbons (Fsp3) is 0.231. The van der Waals surface area contributed by atoms with E-state index < -0.39 is 5.72 Å². The van der Waals surface area contributed by atoms with Gasteiger partial charge in [-0.15, -0.1) is 0 Å². The van der Waals surface area contributed by atoms with Crippen molar-refractivity contribution in [1.82, 2.24) is 4.98 Å². The minimum absolute atomic E-state index is 0.497. The molecule has 1 unspecified atom stereocenters. The van der Waals surface area contributed by atoms with E-state index in [1.165, 1.54) is 0 Å². The van der Waals surface area contributed by atoms with Crippen molar-refractivity contribution in [2.75, 3.05) is 11.9 Å². The Morgan fingerprint density at radius 2 is 2.06 bits per heavy atom. The van der Waals surface area contributed by atoms with Crippen LogP contribution in [0, 0.1) is 0 Å². The molecule has 0 amide bonds. The molecule has 0 radical (unpaired) electrons. The predicted octanol–water partition coefficient (Wildman–Crippen LogP) is 0.664. The number of benzene rings is 1. The van der Waals surface area contributed by atoms with Gasteiger partial charge >= 0.3 is 5.95 Å². The van der Waals surface area contributed by atoms with Crippen LogP contribution >= 0.6 is 0 Å². The summed E-state index contributed by atoms with van der Waals surface area (Å²) in [7, 11) is 1.86. The smallest absolute Gasteiger partial charge is 0.353 e. The fourth-order valence-electron chi connectivity index (χ4n) is 2.29. The lowest BCUT2D eigenvalue weighted by molar-refractivity contribution is -0.685. The van der Waals surface area contributed by atoms with Crippen molar-refractivity contribution < 1.29 is 9.67 Å². The van der Waals surface area contributed by atoms with Crippen LogP contribution in [0.1, 0.15) is 5.56 Å². The molecule has 4 nitrogen and oxygen atoms in total. The van der Waals surface area contributed by atoms with Crippen molar-refractivity contribution >= 4 is 5.95 Å². The Labute approximate surface area is 99.8 Å². The molecule has 1 aromatic carbocycles. The highest BCUT2D eigenvalue weighted by Gasteiger charge is 2.49. The van der Waals surface area contributed by atoms with E-state index in [9.17, 15) is 5.11 Å². The molecule has 1 aromatic heterocycles. The van der Waals surface area contributed by atoms with Crippen LogP contribution in [0.3, 0.4) is 0 Å². The molecule has 4 heteroatoms. The van der Waals surface area contributed by atoms with Gasteiger partial charge in [0, 0.05) is 11.6 Å². The zero-order chi connectivity index (χ0) is 11.9. The van der Waals surface area contributed by atoms with Crippen molar-refractivity contribution in [2.24, 2.45) is 0 Å². The summed E-state index contributed by atoms with van der Waals surface area (Å²) in [6.45, 7) is 0.497. The van der Waals surface area contributed by atoms with Crippen molar-refractivity contribution in [3.63, 3.8) is 0 Å². The summed E-state index contributed by atoms with van der Waals surface area (Å²) in [5, 5.41) is 10.8. The lowest BCUT2D eigenvalue weighted by atomic mass is 10.0. The SMILES string of the molecule is CN1c2nccc[n+]2CC1(O)c1ccccc1. The van der Waals surface area contributed by atoms with Gasteiger partial charge in [0.1, 0.15) is 12.7 Å². The molecule has 1 aliphatic rings. The number of likely N-dealkylation sites (N-methyl/N-ethyl adjacent to an activating group) is 1. The van der Waals surface area contributed by atoms with Gasteiger partial charge in [0.15, 0.2) is 0 Å². The number of fused-ring (bicyclic) bond motifs is 1. The number of hydrogen-bond donors (Lipinski definition) is 1. The molecule has 2 aromatic rings. The summed E-state index contributed by atoms with van der Waals surface area (Å²) in [4.78, 5) is 6.10. The van der Waals surface area contributed by atoms with Gasteiger partial charge in [0.25, 0.3) is 0 Å². The summed E-state index contributed by atoms with van der Waals surface area (Å²) < 4.78 is 1.95. The molecule has 17 heavy (non-hydrogen) atoms. The highest BCUT2D eigenvalue weighted by Crippen LogP contribution is 2.31. The van der Waals surface area contributed by atoms with E-state index in [4.69, 9.17) is 0 Å². The molecule has 0 fully saturated rings. The molecule has 2 heterocycles. The van der Waals surface area contributed by atoms with Gasteiger partial charge in [0.2, 0.25) is 5.72 Å². The summed E-state index contributed by atoms with van der Waals surface area (Å²) in [6, 6.07) is 11.5. The molecule has 0 aliphatic carbocycles. The van der Waals surface area contributed by atoms with Crippen LogP contribution < -0.4 is 9.47 Å². The van der Waals surface area contributed by atoms with Gasteiger partial charge in [-0.25, -0.2) is 9.47 Å². The Balaban J connectivity index is 2.09. The van der Waals surface area contributed by atoms with Crippen molar-refractivity contribution in [1.29, 1.82) is 0 Å². The summed E-state index contributed by atoms with van der Waals surface area (Å²) >= 11 is 0. The van der Waals surface area contributed by atoms with E-state index in [1.807, 2.05) is 59.1 Å². The lowest BCUT2D eigenvalue weighted by Gasteiger charge is -2.25. The van der Waals surface area contributed by atoms with E-state index in [-0.39, 0.29) is 0 Å². The Hall–Kier alpha value is -1.94. The molecule has 0 bridgehead atoms. The number of aliphatic hydroxyl groups is 1. The molecule has 1 atom stereocenters. The second kappa shape index (κ2) is 3.53. The van der Waals surface area contributed by atoms with E-state index >= 15 is 0 Å². The van der Waals surface area contributed by atoms with E-state index in [0.29, 0.717) is 6.54 Å². The molecule has 3 rings (SSSR count). The second-order valence-corrected chi connectivity index (χ2v) is 4.29. The monoisotopic (exact) mass is 228 g/mol. The van der Waals surface area contributed by atoms with Crippen LogP contribution in [0.2, 0.25) is 0 Å². The Morgan fingerprint density at radius 1 is 1.29 bits per heavy atom. The highest BCUT2D eigenvalue weighted by molar-refractivity contribution is 5.36. The first kappa shape index (κ1) is 10.2. The third kappa shape index (κ3) is 1.41. The maximum atomic E-state index is 10.8.